The lowest BCUT2D eigenvalue weighted by molar-refractivity contribution is 1.17. The molecule has 0 unspecified atom stereocenters. The molecule has 1 aliphatic heterocycles. The Morgan fingerprint density at radius 3 is 3.09 bits per heavy atom. The third kappa shape index (κ3) is 1.39. The van der Waals surface area contributed by atoms with E-state index in [1.54, 1.807) is 11.9 Å². The van der Waals surface area contributed by atoms with Crippen molar-refractivity contribution in [1.29, 1.82) is 0 Å². The second kappa shape index (κ2) is 2.83. The zero-order chi connectivity index (χ0) is 7.68. The van der Waals surface area contributed by atoms with Crippen molar-refractivity contribution >= 4 is 29.2 Å². The molecule has 56 valence electrons. The van der Waals surface area contributed by atoms with Crippen LogP contribution in [0.3, 0.4) is 0 Å². The molecule has 0 spiro atoms. The summed E-state index contributed by atoms with van der Waals surface area (Å²) in [5.74, 6) is 0. The molecule has 0 saturated carbocycles. The van der Waals surface area contributed by atoms with E-state index in [-0.39, 0.29) is 0 Å². The van der Waals surface area contributed by atoms with Gasteiger partial charge in [-0.15, -0.1) is 0 Å². The predicted molar refractivity (Wildman–Crippen MR) is 51.7 cm³/mol. The van der Waals surface area contributed by atoms with Gasteiger partial charge in [-0.05, 0) is 23.6 Å². The predicted octanol–water partition coefficient (Wildman–Crippen LogP) is 2.17. The van der Waals surface area contributed by atoms with Crippen LogP contribution in [0.1, 0.15) is 5.56 Å². The van der Waals surface area contributed by atoms with E-state index in [1.807, 2.05) is 12.1 Å². The minimum absolute atomic E-state index is 0.887. The minimum Gasteiger partial charge on any atom is -0.320 e. The van der Waals surface area contributed by atoms with Gasteiger partial charge in [0, 0.05) is 11.3 Å². The van der Waals surface area contributed by atoms with Crippen LogP contribution in [-0.2, 0) is 6.42 Å². The SMILES string of the molecule is S=C1Cc2ccccc2SN1. The van der Waals surface area contributed by atoms with E-state index in [1.165, 1.54) is 10.5 Å². The van der Waals surface area contributed by atoms with Crippen molar-refractivity contribution in [1.82, 2.24) is 4.72 Å². The topological polar surface area (TPSA) is 12.0 Å². The van der Waals surface area contributed by atoms with Gasteiger partial charge >= 0.3 is 0 Å². The fourth-order valence-corrected chi connectivity index (χ4v) is 2.06. The van der Waals surface area contributed by atoms with Gasteiger partial charge in [-0.25, -0.2) is 0 Å². The molecule has 1 N–H and O–H groups in total. The summed E-state index contributed by atoms with van der Waals surface area (Å²) in [6.07, 6.45) is 0.887. The van der Waals surface area contributed by atoms with Gasteiger partial charge in [-0.3, -0.25) is 0 Å². The van der Waals surface area contributed by atoms with Crippen LogP contribution in [0, 0.1) is 0 Å². The average Bonchev–Trinajstić information content (AvgIpc) is 2.04. The molecule has 0 fully saturated rings. The maximum atomic E-state index is 5.05. The van der Waals surface area contributed by atoms with Crippen molar-refractivity contribution in [3.05, 3.63) is 29.8 Å². The van der Waals surface area contributed by atoms with Crippen LogP contribution in [0.2, 0.25) is 0 Å². The standard InChI is InChI=1S/C8H7NS2/c10-8-5-6-3-1-2-4-7(6)11-9-8/h1-4H,5H2,(H,9,10). The Labute approximate surface area is 75.3 Å². The van der Waals surface area contributed by atoms with Gasteiger partial charge in [0.1, 0.15) is 0 Å². The van der Waals surface area contributed by atoms with E-state index in [9.17, 15) is 0 Å². The smallest absolute Gasteiger partial charge is 0.0899 e. The molecule has 1 heterocycles. The zero-order valence-corrected chi connectivity index (χ0v) is 7.47. The van der Waals surface area contributed by atoms with Gasteiger partial charge in [0.15, 0.2) is 0 Å². The number of nitrogens with one attached hydrogen (secondary N) is 1. The van der Waals surface area contributed by atoms with Crippen LogP contribution in [-0.4, -0.2) is 4.99 Å². The fraction of sp³-hybridized carbons (Fsp3) is 0.125. The first kappa shape index (κ1) is 7.13. The van der Waals surface area contributed by atoms with Gasteiger partial charge < -0.3 is 4.72 Å². The van der Waals surface area contributed by atoms with Crippen LogP contribution in [0.25, 0.3) is 0 Å². The van der Waals surface area contributed by atoms with Gasteiger partial charge in [-0.1, -0.05) is 30.4 Å². The first-order chi connectivity index (χ1) is 5.36. The van der Waals surface area contributed by atoms with Crippen molar-refractivity contribution in [2.75, 3.05) is 0 Å². The Morgan fingerprint density at radius 1 is 1.36 bits per heavy atom. The highest BCUT2D eigenvalue weighted by atomic mass is 32.2. The monoisotopic (exact) mass is 181 g/mol. The molecule has 1 nitrogen and oxygen atoms in total. The highest BCUT2D eigenvalue weighted by molar-refractivity contribution is 7.99. The summed E-state index contributed by atoms with van der Waals surface area (Å²) in [6.45, 7) is 0. The molecule has 2 rings (SSSR count). The number of hydrogen-bond donors (Lipinski definition) is 1. The maximum Gasteiger partial charge on any atom is 0.0899 e. The summed E-state index contributed by atoms with van der Waals surface area (Å²) in [7, 11) is 0. The van der Waals surface area contributed by atoms with Crippen molar-refractivity contribution in [2.24, 2.45) is 0 Å². The van der Waals surface area contributed by atoms with Crippen LogP contribution in [0.5, 0.6) is 0 Å². The summed E-state index contributed by atoms with van der Waals surface area (Å²) in [6, 6.07) is 8.32. The molecule has 1 aliphatic rings. The molecule has 0 radical (unpaired) electrons. The molecule has 1 aromatic carbocycles. The Balaban J connectivity index is 2.41. The Kier molecular flexibility index (Phi) is 1.84. The molecule has 0 amide bonds. The Bertz CT molecular complexity index is 296. The molecule has 0 bridgehead atoms. The third-order valence-corrected chi connectivity index (χ3v) is 2.94. The van der Waals surface area contributed by atoms with Gasteiger partial charge in [0.25, 0.3) is 0 Å². The quantitative estimate of drug-likeness (QED) is 0.486. The summed E-state index contributed by atoms with van der Waals surface area (Å²) < 4.78 is 3.09. The number of rotatable bonds is 0. The van der Waals surface area contributed by atoms with Crippen molar-refractivity contribution < 1.29 is 0 Å². The molecule has 11 heavy (non-hydrogen) atoms. The first-order valence-corrected chi connectivity index (χ1v) is 4.62. The van der Waals surface area contributed by atoms with Crippen LogP contribution in [0.15, 0.2) is 29.2 Å². The lowest BCUT2D eigenvalue weighted by Gasteiger charge is -2.16. The highest BCUT2D eigenvalue weighted by Gasteiger charge is 2.10. The minimum atomic E-state index is 0.887. The van der Waals surface area contributed by atoms with E-state index >= 15 is 0 Å². The average molecular weight is 181 g/mol. The summed E-state index contributed by atoms with van der Waals surface area (Å²) in [5, 5.41) is 0. The highest BCUT2D eigenvalue weighted by Crippen LogP contribution is 2.24. The van der Waals surface area contributed by atoms with Crippen LogP contribution < -0.4 is 4.72 Å². The van der Waals surface area contributed by atoms with Gasteiger partial charge in [0.2, 0.25) is 0 Å². The normalized spacial score (nSPS) is 15.5. The third-order valence-electron chi connectivity index (χ3n) is 1.60. The van der Waals surface area contributed by atoms with Crippen molar-refractivity contribution in [3.8, 4) is 0 Å². The first-order valence-electron chi connectivity index (χ1n) is 3.40. The molecule has 0 aliphatic carbocycles. The number of benzene rings is 1. The molecular weight excluding hydrogens is 174 g/mol. The molecule has 0 atom stereocenters. The molecule has 0 saturated heterocycles. The Hall–Kier alpha value is -0.540. The van der Waals surface area contributed by atoms with Crippen molar-refractivity contribution in [2.45, 2.75) is 11.3 Å². The molecule has 0 aromatic heterocycles. The largest absolute Gasteiger partial charge is 0.320 e. The van der Waals surface area contributed by atoms with E-state index < -0.39 is 0 Å². The van der Waals surface area contributed by atoms with E-state index in [2.05, 4.69) is 16.9 Å². The fourth-order valence-electron chi connectivity index (χ4n) is 1.07. The maximum absolute atomic E-state index is 5.05. The van der Waals surface area contributed by atoms with Gasteiger partial charge in [0.05, 0.1) is 4.99 Å². The van der Waals surface area contributed by atoms with Gasteiger partial charge in [-0.2, -0.15) is 0 Å². The van der Waals surface area contributed by atoms with E-state index in [0.29, 0.717) is 0 Å². The van der Waals surface area contributed by atoms with E-state index in [4.69, 9.17) is 12.2 Å². The lowest BCUT2D eigenvalue weighted by Crippen LogP contribution is -2.20. The Morgan fingerprint density at radius 2 is 2.18 bits per heavy atom. The molecular formula is C8H7NS2. The van der Waals surface area contributed by atoms with Crippen LogP contribution >= 0.6 is 24.2 Å². The lowest BCUT2D eigenvalue weighted by atomic mass is 10.1. The number of hydrogen-bond acceptors (Lipinski definition) is 2. The van der Waals surface area contributed by atoms with Crippen molar-refractivity contribution in [3.63, 3.8) is 0 Å². The van der Waals surface area contributed by atoms with Crippen LogP contribution in [0.4, 0.5) is 0 Å². The second-order valence-electron chi connectivity index (χ2n) is 2.41. The summed E-state index contributed by atoms with van der Waals surface area (Å²) in [4.78, 5) is 2.22. The molecule has 1 aromatic rings. The summed E-state index contributed by atoms with van der Waals surface area (Å²) >= 11 is 6.66. The second-order valence-corrected chi connectivity index (χ2v) is 3.75. The van der Waals surface area contributed by atoms with E-state index in [0.717, 1.165) is 11.4 Å². The summed E-state index contributed by atoms with van der Waals surface area (Å²) in [5.41, 5.74) is 1.33. The molecule has 3 heteroatoms. The number of fused-ring (bicyclic) bond motifs is 1. The number of thiocarbonyl (C=S) groups is 1. The zero-order valence-electron chi connectivity index (χ0n) is 5.83.